The number of sulfonamides is 1. The third kappa shape index (κ3) is 6.99. The minimum absolute atomic E-state index is 0.155. The average Bonchev–Trinajstić information content (AvgIpc) is 2.82. The predicted molar refractivity (Wildman–Crippen MR) is 122 cm³/mol. The molecule has 0 aliphatic rings. The number of hydrogen-bond donors (Lipinski definition) is 1. The Bertz CT molecular complexity index is 1120. The fraction of sp³-hybridized carbons (Fsp3) is 0.261. The van der Waals surface area contributed by atoms with Crippen molar-refractivity contribution < 1.29 is 32.3 Å². The highest BCUT2D eigenvalue weighted by Gasteiger charge is 2.21. The van der Waals surface area contributed by atoms with E-state index < -0.39 is 34.4 Å². The molecular formula is C23H26N2O7S. The standard InChI is InChI=1S/C23H26N2O7S/c1-4-25(5-2)33(29,30)18-13-10-17(11-14-18)12-15-22(27)32-16-21(26)24-23(28)19-8-6-7-9-20(19)31-3/h6-15H,4-5,16H2,1-3H3,(H,24,26,28)/b15-12+. The summed E-state index contributed by atoms with van der Waals surface area (Å²) in [6, 6.07) is 12.4. The highest BCUT2D eigenvalue weighted by Crippen LogP contribution is 2.17. The van der Waals surface area contributed by atoms with Crippen molar-refractivity contribution in [2.45, 2.75) is 18.7 Å². The second-order valence-electron chi connectivity index (χ2n) is 6.68. The SMILES string of the molecule is CCN(CC)S(=O)(=O)c1ccc(/C=C/C(=O)OCC(=O)NC(=O)c2ccccc2OC)cc1. The number of carbonyl (C=O) groups excluding carboxylic acids is 3. The van der Waals surface area contributed by atoms with Gasteiger partial charge in [-0.1, -0.05) is 38.1 Å². The summed E-state index contributed by atoms with van der Waals surface area (Å²) in [5.74, 6) is -1.96. The fourth-order valence-electron chi connectivity index (χ4n) is 2.87. The highest BCUT2D eigenvalue weighted by atomic mass is 32.2. The van der Waals surface area contributed by atoms with E-state index in [2.05, 4.69) is 5.32 Å². The molecule has 0 saturated heterocycles. The summed E-state index contributed by atoms with van der Waals surface area (Å²) >= 11 is 0. The van der Waals surface area contributed by atoms with Crippen LogP contribution >= 0.6 is 0 Å². The Hall–Kier alpha value is -3.50. The van der Waals surface area contributed by atoms with E-state index in [4.69, 9.17) is 9.47 Å². The third-order valence-electron chi connectivity index (χ3n) is 4.59. The molecule has 2 aromatic carbocycles. The monoisotopic (exact) mass is 474 g/mol. The number of methoxy groups -OCH3 is 1. The molecule has 0 fully saturated rings. The molecule has 33 heavy (non-hydrogen) atoms. The molecule has 0 spiro atoms. The summed E-state index contributed by atoms with van der Waals surface area (Å²) in [5, 5.41) is 2.12. The van der Waals surface area contributed by atoms with Crippen molar-refractivity contribution in [3.8, 4) is 5.75 Å². The maximum atomic E-state index is 12.5. The maximum absolute atomic E-state index is 12.5. The Kier molecular flexibility index (Phi) is 9.31. The van der Waals surface area contributed by atoms with Crippen LogP contribution in [0.15, 0.2) is 59.5 Å². The van der Waals surface area contributed by atoms with Crippen LogP contribution in [0.25, 0.3) is 6.08 Å². The Balaban J connectivity index is 1.89. The zero-order valence-electron chi connectivity index (χ0n) is 18.6. The average molecular weight is 475 g/mol. The zero-order chi connectivity index (χ0) is 24.4. The first-order valence-electron chi connectivity index (χ1n) is 10.1. The van der Waals surface area contributed by atoms with Crippen LogP contribution in [0.5, 0.6) is 5.75 Å². The van der Waals surface area contributed by atoms with Gasteiger partial charge in [0, 0.05) is 19.2 Å². The van der Waals surface area contributed by atoms with Gasteiger partial charge >= 0.3 is 5.97 Å². The normalized spacial score (nSPS) is 11.4. The molecule has 2 rings (SSSR count). The lowest BCUT2D eigenvalue weighted by atomic mass is 10.2. The van der Waals surface area contributed by atoms with Crippen LogP contribution in [0.3, 0.4) is 0 Å². The number of benzene rings is 2. The molecule has 0 radical (unpaired) electrons. The topological polar surface area (TPSA) is 119 Å². The number of nitrogens with zero attached hydrogens (tertiary/aromatic N) is 1. The van der Waals surface area contributed by atoms with Gasteiger partial charge < -0.3 is 9.47 Å². The van der Waals surface area contributed by atoms with Crippen LogP contribution in [-0.2, 0) is 24.3 Å². The molecule has 0 aliphatic carbocycles. The lowest BCUT2D eigenvalue weighted by molar-refractivity contribution is -0.143. The maximum Gasteiger partial charge on any atom is 0.331 e. The first-order chi connectivity index (χ1) is 15.7. The Morgan fingerprint density at radius 1 is 1.00 bits per heavy atom. The number of amides is 2. The van der Waals surface area contributed by atoms with Gasteiger partial charge in [-0.2, -0.15) is 4.31 Å². The Morgan fingerprint density at radius 2 is 1.64 bits per heavy atom. The predicted octanol–water partition coefficient (Wildman–Crippen LogP) is 2.24. The summed E-state index contributed by atoms with van der Waals surface area (Å²) < 4.78 is 36.2. The van der Waals surface area contributed by atoms with E-state index in [1.165, 1.54) is 35.7 Å². The van der Waals surface area contributed by atoms with E-state index in [-0.39, 0.29) is 10.5 Å². The van der Waals surface area contributed by atoms with Gasteiger partial charge in [0.25, 0.3) is 11.8 Å². The number of ether oxygens (including phenoxy) is 2. The molecule has 9 nitrogen and oxygen atoms in total. The van der Waals surface area contributed by atoms with Crippen molar-refractivity contribution in [3.63, 3.8) is 0 Å². The number of esters is 1. The number of rotatable bonds is 10. The molecule has 2 aromatic rings. The van der Waals surface area contributed by atoms with Crippen molar-refractivity contribution in [2.24, 2.45) is 0 Å². The van der Waals surface area contributed by atoms with Gasteiger partial charge in [-0.25, -0.2) is 13.2 Å². The lowest BCUT2D eigenvalue weighted by Crippen LogP contribution is -2.34. The molecule has 0 unspecified atom stereocenters. The Morgan fingerprint density at radius 3 is 2.24 bits per heavy atom. The minimum Gasteiger partial charge on any atom is -0.496 e. The minimum atomic E-state index is -3.56. The third-order valence-corrected chi connectivity index (χ3v) is 6.65. The van der Waals surface area contributed by atoms with Gasteiger partial charge in [0.2, 0.25) is 10.0 Å². The van der Waals surface area contributed by atoms with E-state index in [9.17, 15) is 22.8 Å². The Labute approximate surface area is 193 Å². The van der Waals surface area contributed by atoms with Crippen LogP contribution in [0.1, 0.15) is 29.8 Å². The quantitative estimate of drug-likeness (QED) is 0.414. The molecule has 2 amide bonds. The molecule has 0 aliphatic heterocycles. The van der Waals surface area contributed by atoms with Crippen LogP contribution in [0, 0.1) is 0 Å². The summed E-state index contributed by atoms with van der Waals surface area (Å²) in [5.41, 5.74) is 0.743. The van der Waals surface area contributed by atoms with Crippen molar-refractivity contribution in [1.82, 2.24) is 9.62 Å². The zero-order valence-corrected chi connectivity index (χ0v) is 19.4. The molecule has 0 heterocycles. The van der Waals surface area contributed by atoms with Crippen LogP contribution in [-0.4, -0.2) is 57.3 Å². The molecule has 0 atom stereocenters. The largest absolute Gasteiger partial charge is 0.496 e. The van der Waals surface area contributed by atoms with Crippen molar-refractivity contribution >= 4 is 33.9 Å². The van der Waals surface area contributed by atoms with E-state index >= 15 is 0 Å². The van der Waals surface area contributed by atoms with Gasteiger partial charge in [0.05, 0.1) is 17.6 Å². The van der Waals surface area contributed by atoms with Crippen molar-refractivity contribution in [3.05, 3.63) is 65.7 Å². The van der Waals surface area contributed by atoms with E-state index in [0.29, 0.717) is 24.4 Å². The van der Waals surface area contributed by atoms with Gasteiger partial charge in [-0.3, -0.25) is 14.9 Å². The van der Waals surface area contributed by atoms with Gasteiger partial charge in [0.1, 0.15) is 5.75 Å². The highest BCUT2D eigenvalue weighted by molar-refractivity contribution is 7.89. The van der Waals surface area contributed by atoms with E-state index in [1.54, 1.807) is 44.2 Å². The summed E-state index contributed by atoms with van der Waals surface area (Å²) in [4.78, 5) is 36.1. The number of para-hydroxylation sites is 1. The van der Waals surface area contributed by atoms with Crippen molar-refractivity contribution in [2.75, 3.05) is 26.8 Å². The number of hydrogen-bond acceptors (Lipinski definition) is 7. The van der Waals surface area contributed by atoms with Crippen molar-refractivity contribution in [1.29, 1.82) is 0 Å². The molecule has 0 aromatic heterocycles. The van der Waals surface area contributed by atoms with Gasteiger partial charge in [-0.05, 0) is 35.9 Å². The van der Waals surface area contributed by atoms with Crippen LogP contribution in [0.4, 0.5) is 0 Å². The van der Waals surface area contributed by atoms with Gasteiger partial charge in [0.15, 0.2) is 6.61 Å². The van der Waals surface area contributed by atoms with E-state index in [1.807, 2.05) is 0 Å². The van der Waals surface area contributed by atoms with Gasteiger partial charge in [-0.15, -0.1) is 0 Å². The number of imide groups is 1. The molecule has 176 valence electrons. The second kappa shape index (κ2) is 11.9. The smallest absolute Gasteiger partial charge is 0.331 e. The lowest BCUT2D eigenvalue weighted by Gasteiger charge is -2.18. The molecule has 0 saturated carbocycles. The first-order valence-corrected chi connectivity index (χ1v) is 11.6. The second-order valence-corrected chi connectivity index (χ2v) is 8.61. The summed E-state index contributed by atoms with van der Waals surface area (Å²) in [6.07, 6.45) is 2.53. The fourth-order valence-corrected chi connectivity index (χ4v) is 4.33. The molecule has 0 bridgehead atoms. The number of nitrogens with one attached hydrogen (secondary N) is 1. The number of carbonyl (C=O) groups is 3. The van der Waals surface area contributed by atoms with Crippen LogP contribution in [0.2, 0.25) is 0 Å². The molecule has 10 heteroatoms. The summed E-state index contributed by atoms with van der Waals surface area (Å²) in [6.45, 7) is 3.61. The van der Waals surface area contributed by atoms with E-state index in [0.717, 1.165) is 6.08 Å². The molecular weight excluding hydrogens is 448 g/mol. The summed E-state index contributed by atoms with van der Waals surface area (Å²) in [7, 11) is -2.16. The first kappa shape index (κ1) is 25.8. The van der Waals surface area contributed by atoms with Crippen LogP contribution < -0.4 is 10.1 Å². The molecule has 1 N–H and O–H groups in total.